The van der Waals surface area contributed by atoms with Gasteiger partial charge in [-0.05, 0) is 41.3 Å². The Bertz CT molecular complexity index is 730. The van der Waals surface area contributed by atoms with Crippen LogP contribution in [0.5, 0.6) is 5.75 Å². The molecule has 3 rings (SSSR count). The summed E-state index contributed by atoms with van der Waals surface area (Å²) >= 11 is 0. The Morgan fingerprint density at radius 1 is 0.650 bits per heavy atom. The lowest BCUT2D eigenvalue weighted by Crippen LogP contribution is -1.86. The predicted octanol–water partition coefficient (Wildman–Crippen LogP) is 5.03. The SMILES string of the molecule is Cc1ccc(-c2ccccc2O)cc1-c1ccccc1. The summed E-state index contributed by atoms with van der Waals surface area (Å²) in [4.78, 5) is 0. The maximum atomic E-state index is 9.99. The first-order valence-corrected chi connectivity index (χ1v) is 6.70. The Balaban J connectivity index is 2.15. The van der Waals surface area contributed by atoms with Crippen LogP contribution in [0.4, 0.5) is 0 Å². The monoisotopic (exact) mass is 260 g/mol. The number of aromatic hydroxyl groups is 1. The average Bonchev–Trinajstić information content (AvgIpc) is 2.49. The van der Waals surface area contributed by atoms with Gasteiger partial charge in [0.15, 0.2) is 0 Å². The van der Waals surface area contributed by atoms with Crippen molar-refractivity contribution >= 4 is 0 Å². The molecule has 0 spiro atoms. The van der Waals surface area contributed by atoms with E-state index in [0.29, 0.717) is 5.75 Å². The second-order valence-electron chi connectivity index (χ2n) is 4.91. The van der Waals surface area contributed by atoms with Crippen LogP contribution in [0.3, 0.4) is 0 Å². The van der Waals surface area contributed by atoms with E-state index in [2.05, 4.69) is 37.3 Å². The number of hydrogen-bond donors (Lipinski definition) is 1. The van der Waals surface area contributed by atoms with Crippen LogP contribution in [0.1, 0.15) is 5.56 Å². The molecular formula is C19H16O. The summed E-state index contributed by atoms with van der Waals surface area (Å²) < 4.78 is 0. The van der Waals surface area contributed by atoms with Crippen molar-refractivity contribution in [3.8, 4) is 28.0 Å². The second-order valence-corrected chi connectivity index (χ2v) is 4.91. The van der Waals surface area contributed by atoms with Crippen molar-refractivity contribution in [2.75, 3.05) is 0 Å². The fourth-order valence-electron chi connectivity index (χ4n) is 2.44. The van der Waals surface area contributed by atoms with Gasteiger partial charge in [-0.2, -0.15) is 0 Å². The Morgan fingerprint density at radius 2 is 1.35 bits per heavy atom. The van der Waals surface area contributed by atoms with E-state index in [-0.39, 0.29) is 0 Å². The largest absolute Gasteiger partial charge is 0.507 e. The van der Waals surface area contributed by atoms with Gasteiger partial charge in [0.25, 0.3) is 0 Å². The molecule has 0 radical (unpaired) electrons. The van der Waals surface area contributed by atoms with Crippen molar-refractivity contribution in [1.82, 2.24) is 0 Å². The summed E-state index contributed by atoms with van der Waals surface area (Å²) in [6.45, 7) is 2.11. The van der Waals surface area contributed by atoms with Gasteiger partial charge < -0.3 is 5.11 Å². The summed E-state index contributed by atoms with van der Waals surface area (Å²) in [5.41, 5.74) is 5.53. The van der Waals surface area contributed by atoms with E-state index in [1.54, 1.807) is 6.07 Å². The van der Waals surface area contributed by atoms with Crippen molar-refractivity contribution in [1.29, 1.82) is 0 Å². The van der Waals surface area contributed by atoms with Gasteiger partial charge in [0.05, 0.1) is 0 Å². The van der Waals surface area contributed by atoms with E-state index >= 15 is 0 Å². The average molecular weight is 260 g/mol. The van der Waals surface area contributed by atoms with Crippen LogP contribution in [0.25, 0.3) is 22.3 Å². The lowest BCUT2D eigenvalue weighted by molar-refractivity contribution is 0.477. The summed E-state index contributed by atoms with van der Waals surface area (Å²) in [5.74, 6) is 0.315. The first-order chi connectivity index (χ1) is 9.75. The summed E-state index contributed by atoms with van der Waals surface area (Å²) in [6.07, 6.45) is 0. The van der Waals surface area contributed by atoms with Gasteiger partial charge in [0.2, 0.25) is 0 Å². The number of aryl methyl sites for hydroxylation is 1. The molecule has 0 aliphatic heterocycles. The van der Waals surface area contributed by atoms with E-state index in [1.165, 1.54) is 16.7 Å². The smallest absolute Gasteiger partial charge is 0.123 e. The standard InChI is InChI=1S/C19H16O/c1-14-11-12-16(17-9-5-6-10-19(17)20)13-18(14)15-7-3-2-4-8-15/h2-13,20H,1H3. The third-order valence-corrected chi connectivity index (χ3v) is 3.54. The van der Waals surface area contributed by atoms with Gasteiger partial charge in [-0.25, -0.2) is 0 Å². The summed E-state index contributed by atoms with van der Waals surface area (Å²) in [7, 11) is 0. The fraction of sp³-hybridized carbons (Fsp3) is 0.0526. The molecule has 0 atom stereocenters. The number of phenols is 1. The zero-order valence-electron chi connectivity index (χ0n) is 11.4. The van der Waals surface area contributed by atoms with E-state index in [1.807, 2.05) is 36.4 Å². The molecule has 1 nitrogen and oxygen atoms in total. The maximum Gasteiger partial charge on any atom is 0.123 e. The molecule has 1 N–H and O–H groups in total. The molecule has 98 valence electrons. The molecule has 3 aromatic carbocycles. The molecule has 0 heterocycles. The van der Waals surface area contributed by atoms with Gasteiger partial charge in [0.1, 0.15) is 5.75 Å². The summed E-state index contributed by atoms with van der Waals surface area (Å²) in [6, 6.07) is 24.1. The molecule has 0 fully saturated rings. The topological polar surface area (TPSA) is 20.2 Å². The molecule has 0 bridgehead atoms. The Morgan fingerprint density at radius 3 is 2.10 bits per heavy atom. The lowest BCUT2D eigenvalue weighted by atomic mass is 9.95. The van der Waals surface area contributed by atoms with Gasteiger partial charge in [-0.1, -0.05) is 60.7 Å². The third-order valence-electron chi connectivity index (χ3n) is 3.54. The highest BCUT2D eigenvalue weighted by Gasteiger charge is 2.07. The third kappa shape index (κ3) is 2.30. The highest BCUT2D eigenvalue weighted by atomic mass is 16.3. The molecule has 0 unspecified atom stereocenters. The molecular weight excluding hydrogens is 244 g/mol. The van der Waals surface area contributed by atoms with Gasteiger partial charge in [-0.3, -0.25) is 0 Å². The number of para-hydroxylation sites is 1. The molecule has 0 aliphatic carbocycles. The van der Waals surface area contributed by atoms with Gasteiger partial charge >= 0.3 is 0 Å². The van der Waals surface area contributed by atoms with E-state index < -0.39 is 0 Å². The van der Waals surface area contributed by atoms with Crippen LogP contribution < -0.4 is 0 Å². The lowest BCUT2D eigenvalue weighted by Gasteiger charge is -2.10. The maximum absolute atomic E-state index is 9.99. The van der Waals surface area contributed by atoms with Crippen LogP contribution in [0.15, 0.2) is 72.8 Å². The number of phenolic OH excluding ortho intramolecular Hbond substituents is 1. The van der Waals surface area contributed by atoms with Crippen LogP contribution in [-0.2, 0) is 0 Å². The number of benzene rings is 3. The zero-order chi connectivity index (χ0) is 13.9. The Kier molecular flexibility index (Phi) is 3.26. The molecule has 1 heteroatoms. The van der Waals surface area contributed by atoms with Crippen LogP contribution in [-0.4, -0.2) is 5.11 Å². The first-order valence-electron chi connectivity index (χ1n) is 6.70. The van der Waals surface area contributed by atoms with Crippen molar-refractivity contribution in [3.05, 3.63) is 78.4 Å². The molecule has 0 aliphatic rings. The Hall–Kier alpha value is -2.54. The molecule has 0 amide bonds. The number of hydrogen-bond acceptors (Lipinski definition) is 1. The van der Waals surface area contributed by atoms with E-state index in [4.69, 9.17) is 0 Å². The first kappa shape index (κ1) is 12.5. The quantitative estimate of drug-likeness (QED) is 0.684. The van der Waals surface area contributed by atoms with Crippen molar-refractivity contribution < 1.29 is 5.11 Å². The highest BCUT2D eigenvalue weighted by molar-refractivity contribution is 5.77. The van der Waals surface area contributed by atoms with Crippen LogP contribution in [0, 0.1) is 6.92 Å². The van der Waals surface area contributed by atoms with Crippen molar-refractivity contribution in [2.45, 2.75) is 6.92 Å². The van der Waals surface area contributed by atoms with E-state index in [9.17, 15) is 5.11 Å². The minimum atomic E-state index is 0.315. The minimum Gasteiger partial charge on any atom is -0.507 e. The van der Waals surface area contributed by atoms with Crippen LogP contribution >= 0.6 is 0 Å². The summed E-state index contributed by atoms with van der Waals surface area (Å²) in [5, 5.41) is 9.99. The molecule has 0 saturated heterocycles. The van der Waals surface area contributed by atoms with Gasteiger partial charge in [-0.15, -0.1) is 0 Å². The number of rotatable bonds is 2. The normalized spacial score (nSPS) is 10.4. The second kappa shape index (κ2) is 5.22. The van der Waals surface area contributed by atoms with Gasteiger partial charge in [0, 0.05) is 5.56 Å². The molecule has 20 heavy (non-hydrogen) atoms. The zero-order valence-corrected chi connectivity index (χ0v) is 11.4. The molecule has 0 aromatic heterocycles. The fourth-order valence-corrected chi connectivity index (χ4v) is 2.44. The van der Waals surface area contributed by atoms with Crippen LogP contribution in [0.2, 0.25) is 0 Å². The highest BCUT2D eigenvalue weighted by Crippen LogP contribution is 2.33. The predicted molar refractivity (Wildman–Crippen MR) is 83.7 cm³/mol. The Labute approximate surface area is 119 Å². The molecule has 3 aromatic rings. The minimum absolute atomic E-state index is 0.315. The van der Waals surface area contributed by atoms with Crippen molar-refractivity contribution in [3.63, 3.8) is 0 Å². The molecule has 0 saturated carbocycles. The van der Waals surface area contributed by atoms with Crippen molar-refractivity contribution in [2.24, 2.45) is 0 Å². The van der Waals surface area contributed by atoms with E-state index in [0.717, 1.165) is 11.1 Å².